The molecule has 98 valence electrons. The molecule has 0 fully saturated rings. The number of thiazole rings is 1. The minimum absolute atomic E-state index is 0.139. The topological polar surface area (TPSA) is 68.3 Å². The summed E-state index contributed by atoms with van der Waals surface area (Å²) in [7, 11) is 0. The number of ether oxygens (including phenoxy) is 1. The Bertz CT molecular complexity index is 627. The molecule has 19 heavy (non-hydrogen) atoms. The maximum Gasteiger partial charge on any atom is 0.308 e. The van der Waals surface area contributed by atoms with Crippen molar-refractivity contribution in [3.8, 4) is 5.75 Å². The van der Waals surface area contributed by atoms with Gasteiger partial charge in [0.25, 0.3) is 5.91 Å². The Morgan fingerprint density at radius 2 is 2.11 bits per heavy atom. The highest BCUT2D eigenvalue weighted by Crippen LogP contribution is 2.21. The smallest absolute Gasteiger partial charge is 0.308 e. The third kappa shape index (κ3) is 3.35. The highest BCUT2D eigenvalue weighted by atomic mass is 32.1. The average Bonchev–Trinajstić information content (AvgIpc) is 2.74. The van der Waals surface area contributed by atoms with E-state index in [9.17, 15) is 14.0 Å². The van der Waals surface area contributed by atoms with Crippen molar-refractivity contribution in [1.29, 1.82) is 0 Å². The first-order valence-electron chi connectivity index (χ1n) is 5.26. The molecule has 1 aromatic carbocycles. The Labute approximate surface area is 112 Å². The number of amides is 1. The lowest BCUT2D eigenvalue weighted by Crippen LogP contribution is -2.14. The molecule has 0 unspecified atom stereocenters. The molecule has 7 heteroatoms. The lowest BCUT2D eigenvalue weighted by Gasteiger charge is -2.07. The maximum absolute atomic E-state index is 12.8. The van der Waals surface area contributed by atoms with Crippen molar-refractivity contribution in [2.45, 2.75) is 6.92 Å². The van der Waals surface area contributed by atoms with Crippen LogP contribution in [0.1, 0.15) is 17.3 Å². The van der Waals surface area contributed by atoms with E-state index in [-0.39, 0.29) is 16.4 Å². The molecule has 2 aromatic rings. The summed E-state index contributed by atoms with van der Waals surface area (Å²) in [6, 6.07) is 6.26. The van der Waals surface area contributed by atoms with E-state index in [4.69, 9.17) is 4.74 Å². The largest absolute Gasteiger partial charge is 0.426 e. The second-order valence-electron chi connectivity index (χ2n) is 3.51. The van der Waals surface area contributed by atoms with E-state index < -0.39 is 17.0 Å². The Hall–Kier alpha value is -2.28. The van der Waals surface area contributed by atoms with Gasteiger partial charge in [-0.2, -0.15) is 4.39 Å². The van der Waals surface area contributed by atoms with E-state index in [0.29, 0.717) is 11.3 Å². The van der Waals surface area contributed by atoms with Gasteiger partial charge in [0, 0.05) is 6.92 Å². The van der Waals surface area contributed by atoms with Crippen molar-refractivity contribution < 1.29 is 18.7 Å². The summed E-state index contributed by atoms with van der Waals surface area (Å²) in [5.74, 6) is -0.906. The van der Waals surface area contributed by atoms with Crippen LogP contribution in [0.15, 0.2) is 30.5 Å². The molecule has 1 aromatic heterocycles. The van der Waals surface area contributed by atoms with Crippen LogP contribution in [-0.4, -0.2) is 16.9 Å². The quantitative estimate of drug-likeness (QED) is 0.692. The van der Waals surface area contributed by atoms with Crippen LogP contribution in [0.25, 0.3) is 0 Å². The lowest BCUT2D eigenvalue weighted by molar-refractivity contribution is -0.131. The van der Waals surface area contributed by atoms with Crippen molar-refractivity contribution in [3.05, 3.63) is 41.2 Å². The summed E-state index contributed by atoms with van der Waals surface area (Å²) in [4.78, 5) is 26.6. The van der Waals surface area contributed by atoms with E-state index >= 15 is 0 Å². The van der Waals surface area contributed by atoms with Crippen molar-refractivity contribution in [2.75, 3.05) is 5.32 Å². The summed E-state index contributed by atoms with van der Waals surface area (Å²) in [5, 5.41) is 2.07. The van der Waals surface area contributed by atoms with Gasteiger partial charge in [0.2, 0.25) is 0 Å². The molecule has 5 nitrogen and oxygen atoms in total. The fourth-order valence-electron chi connectivity index (χ4n) is 1.37. The standard InChI is InChI=1S/C12H9FN2O3S/c1-7(16)18-9-5-3-2-4-8(9)11(17)15-12-14-6-10(13)19-12/h2-6H,1H3,(H,14,15,17). The number of esters is 1. The van der Waals surface area contributed by atoms with Crippen LogP contribution >= 0.6 is 11.3 Å². The monoisotopic (exact) mass is 280 g/mol. The van der Waals surface area contributed by atoms with Crippen molar-refractivity contribution in [3.63, 3.8) is 0 Å². The van der Waals surface area contributed by atoms with Gasteiger partial charge in [-0.3, -0.25) is 14.9 Å². The molecule has 0 aliphatic carbocycles. The molecule has 0 spiro atoms. The van der Waals surface area contributed by atoms with Crippen LogP contribution in [0.3, 0.4) is 0 Å². The maximum atomic E-state index is 12.8. The van der Waals surface area contributed by atoms with Gasteiger partial charge in [0.1, 0.15) is 5.75 Å². The molecule has 0 aliphatic heterocycles. The number of aromatic nitrogens is 1. The van der Waals surface area contributed by atoms with E-state index in [1.54, 1.807) is 12.1 Å². The van der Waals surface area contributed by atoms with E-state index in [2.05, 4.69) is 10.3 Å². The number of hydrogen-bond donors (Lipinski definition) is 1. The number of rotatable bonds is 3. The lowest BCUT2D eigenvalue weighted by atomic mass is 10.2. The predicted molar refractivity (Wildman–Crippen MR) is 67.8 cm³/mol. The minimum Gasteiger partial charge on any atom is -0.426 e. The van der Waals surface area contributed by atoms with Crippen LogP contribution in [0.2, 0.25) is 0 Å². The molecule has 0 atom stereocenters. The third-order valence-corrected chi connectivity index (χ3v) is 2.78. The second kappa shape index (κ2) is 5.57. The molecular weight excluding hydrogens is 271 g/mol. The highest BCUT2D eigenvalue weighted by Gasteiger charge is 2.15. The zero-order valence-electron chi connectivity index (χ0n) is 9.84. The summed E-state index contributed by atoms with van der Waals surface area (Å²) in [6.07, 6.45) is 1.01. The number of benzene rings is 1. The molecule has 0 radical (unpaired) electrons. The number of nitrogens with one attached hydrogen (secondary N) is 1. The second-order valence-corrected chi connectivity index (χ2v) is 4.49. The van der Waals surface area contributed by atoms with Crippen LogP contribution in [0, 0.1) is 5.13 Å². The third-order valence-electron chi connectivity index (χ3n) is 2.08. The SMILES string of the molecule is CC(=O)Oc1ccccc1C(=O)Nc1ncc(F)s1. The average molecular weight is 280 g/mol. The number of para-hydroxylation sites is 1. The molecule has 2 rings (SSSR count). The summed E-state index contributed by atoms with van der Waals surface area (Å²) >= 11 is 0.713. The molecule has 0 saturated heterocycles. The number of halogens is 1. The summed E-state index contributed by atoms with van der Waals surface area (Å²) in [5.41, 5.74) is 0.174. The van der Waals surface area contributed by atoms with Gasteiger partial charge in [-0.1, -0.05) is 23.5 Å². The zero-order valence-corrected chi connectivity index (χ0v) is 10.7. The number of hydrogen-bond acceptors (Lipinski definition) is 5. The van der Waals surface area contributed by atoms with Gasteiger partial charge in [-0.05, 0) is 12.1 Å². The zero-order chi connectivity index (χ0) is 13.8. The first-order chi connectivity index (χ1) is 9.06. The fourth-order valence-corrected chi connectivity index (χ4v) is 1.91. The fraction of sp³-hybridized carbons (Fsp3) is 0.0833. The van der Waals surface area contributed by atoms with E-state index in [1.807, 2.05) is 0 Å². The van der Waals surface area contributed by atoms with Crippen LogP contribution in [0.5, 0.6) is 5.75 Å². The highest BCUT2D eigenvalue weighted by molar-refractivity contribution is 7.14. The van der Waals surface area contributed by atoms with Crippen molar-refractivity contribution in [1.82, 2.24) is 4.98 Å². The van der Waals surface area contributed by atoms with Gasteiger partial charge in [-0.15, -0.1) is 0 Å². The summed E-state index contributed by atoms with van der Waals surface area (Å²) < 4.78 is 17.7. The number of carbonyl (C=O) groups is 2. The molecule has 0 aliphatic rings. The van der Waals surface area contributed by atoms with Gasteiger partial charge >= 0.3 is 5.97 Å². The first kappa shape index (κ1) is 13.2. The molecular formula is C12H9FN2O3S. The van der Waals surface area contributed by atoms with Gasteiger partial charge in [-0.25, -0.2) is 4.98 Å². The Kier molecular flexibility index (Phi) is 3.86. The van der Waals surface area contributed by atoms with Crippen LogP contribution < -0.4 is 10.1 Å². The van der Waals surface area contributed by atoms with Crippen LogP contribution in [0.4, 0.5) is 9.52 Å². The first-order valence-corrected chi connectivity index (χ1v) is 6.08. The molecule has 1 amide bonds. The molecule has 0 saturated carbocycles. The summed E-state index contributed by atoms with van der Waals surface area (Å²) in [6.45, 7) is 1.24. The van der Waals surface area contributed by atoms with Gasteiger partial charge in [0.05, 0.1) is 11.8 Å². The van der Waals surface area contributed by atoms with Crippen molar-refractivity contribution >= 4 is 28.3 Å². The number of nitrogens with zero attached hydrogens (tertiary/aromatic N) is 1. The minimum atomic E-state index is -0.527. The molecule has 1 heterocycles. The molecule has 1 N–H and O–H groups in total. The Morgan fingerprint density at radius 3 is 2.74 bits per heavy atom. The predicted octanol–water partition coefficient (Wildman–Crippen LogP) is 2.46. The number of carbonyl (C=O) groups excluding carboxylic acids is 2. The van der Waals surface area contributed by atoms with Crippen LogP contribution in [-0.2, 0) is 4.79 Å². The Balaban J connectivity index is 2.21. The molecule has 0 bridgehead atoms. The van der Waals surface area contributed by atoms with Gasteiger partial charge in [0.15, 0.2) is 10.3 Å². The number of anilines is 1. The Morgan fingerprint density at radius 1 is 1.37 bits per heavy atom. The van der Waals surface area contributed by atoms with E-state index in [1.165, 1.54) is 19.1 Å². The van der Waals surface area contributed by atoms with Gasteiger partial charge < -0.3 is 4.74 Å². The normalized spacial score (nSPS) is 10.0. The van der Waals surface area contributed by atoms with Crippen molar-refractivity contribution in [2.24, 2.45) is 0 Å². The van der Waals surface area contributed by atoms with E-state index in [0.717, 1.165) is 6.20 Å².